The van der Waals surface area contributed by atoms with E-state index >= 15 is 0 Å². The second-order valence-corrected chi connectivity index (χ2v) is 9.05. The average molecular weight is 457 g/mol. The molecule has 2 aromatic rings. The van der Waals surface area contributed by atoms with Crippen LogP contribution in [0.5, 0.6) is 5.75 Å². The summed E-state index contributed by atoms with van der Waals surface area (Å²) in [6.07, 6.45) is 0. The fraction of sp³-hybridized carbons (Fsp3) is 0.278. The van der Waals surface area contributed by atoms with Crippen molar-refractivity contribution in [1.29, 1.82) is 0 Å². The first-order valence-electron chi connectivity index (χ1n) is 8.24. The number of piperazine rings is 1. The van der Waals surface area contributed by atoms with Crippen molar-refractivity contribution in [2.45, 2.75) is 11.8 Å². The third-order valence-corrected chi connectivity index (χ3v) is 7.00. The van der Waals surface area contributed by atoms with E-state index in [0.717, 1.165) is 5.56 Å². The molecule has 0 saturated carbocycles. The van der Waals surface area contributed by atoms with Gasteiger partial charge in [-0.3, -0.25) is 4.79 Å². The Kier molecular flexibility index (Phi) is 5.55. The van der Waals surface area contributed by atoms with Gasteiger partial charge in [0.05, 0.1) is 5.56 Å². The number of halogens is 2. The molecule has 1 saturated heterocycles. The Labute approximate surface area is 165 Å². The van der Waals surface area contributed by atoms with Gasteiger partial charge in [0.1, 0.15) is 16.5 Å². The minimum Gasteiger partial charge on any atom is -0.507 e. The first kappa shape index (κ1) is 19.8. The summed E-state index contributed by atoms with van der Waals surface area (Å²) in [6, 6.07) is 8.24. The fourth-order valence-corrected chi connectivity index (χ4v) is 5.04. The van der Waals surface area contributed by atoms with E-state index in [1.807, 2.05) is 0 Å². The Morgan fingerprint density at radius 2 is 1.78 bits per heavy atom. The van der Waals surface area contributed by atoms with E-state index in [0.29, 0.717) is 10.0 Å². The minimum atomic E-state index is -3.86. The second-order valence-electron chi connectivity index (χ2n) is 6.29. The minimum absolute atomic E-state index is 0.111. The predicted molar refractivity (Wildman–Crippen MR) is 102 cm³/mol. The maximum absolute atomic E-state index is 13.2. The maximum Gasteiger partial charge on any atom is 0.255 e. The van der Waals surface area contributed by atoms with Crippen molar-refractivity contribution in [3.05, 3.63) is 57.8 Å². The molecular weight excluding hydrogens is 439 g/mol. The number of sulfonamides is 1. The van der Waals surface area contributed by atoms with Crippen LogP contribution in [0.15, 0.2) is 45.8 Å². The number of aromatic hydroxyl groups is 1. The number of aryl methyl sites for hydroxylation is 1. The van der Waals surface area contributed by atoms with Crippen molar-refractivity contribution in [3.8, 4) is 5.75 Å². The molecule has 3 rings (SSSR count). The number of carbonyl (C=O) groups is 1. The lowest BCUT2D eigenvalue weighted by molar-refractivity contribution is 0.0696. The third-order valence-electron chi connectivity index (χ3n) is 4.42. The van der Waals surface area contributed by atoms with E-state index < -0.39 is 15.8 Å². The van der Waals surface area contributed by atoms with E-state index in [4.69, 9.17) is 0 Å². The summed E-state index contributed by atoms with van der Waals surface area (Å²) in [7, 11) is -3.86. The van der Waals surface area contributed by atoms with Crippen LogP contribution in [0.2, 0.25) is 0 Å². The number of nitrogens with zero attached hydrogens (tertiary/aromatic N) is 2. The van der Waals surface area contributed by atoms with Crippen molar-refractivity contribution < 1.29 is 22.7 Å². The Morgan fingerprint density at radius 3 is 2.41 bits per heavy atom. The number of carbonyl (C=O) groups excluding carboxylic acids is 1. The normalized spacial score (nSPS) is 15.7. The lowest BCUT2D eigenvalue weighted by atomic mass is 10.2. The third kappa shape index (κ3) is 3.99. The van der Waals surface area contributed by atoms with Gasteiger partial charge in [-0.2, -0.15) is 4.31 Å². The Balaban J connectivity index is 1.75. The zero-order valence-corrected chi connectivity index (χ0v) is 16.9. The molecule has 1 aliphatic rings. The number of phenols is 1. The molecule has 9 heteroatoms. The van der Waals surface area contributed by atoms with Gasteiger partial charge < -0.3 is 10.0 Å². The van der Waals surface area contributed by atoms with E-state index in [2.05, 4.69) is 15.9 Å². The molecule has 2 aromatic carbocycles. The van der Waals surface area contributed by atoms with E-state index in [1.54, 1.807) is 13.0 Å². The zero-order chi connectivity index (χ0) is 19.8. The lowest BCUT2D eigenvalue weighted by Crippen LogP contribution is -2.50. The van der Waals surface area contributed by atoms with Crippen LogP contribution in [0.4, 0.5) is 4.39 Å². The summed E-state index contributed by atoms with van der Waals surface area (Å²) < 4.78 is 40.4. The maximum atomic E-state index is 13.2. The van der Waals surface area contributed by atoms with Crippen LogP contribution in [0.25, 0.3) is 0 Å². The second kappa shape index (κ2) is 7.57. The Bertz CT molecular complexity index is 989. The smallest absolute Gasteiger partial charge is 0.255 e. The number of hydrogen-bond donors (Lipinski definition) is 1. The number of rotatable bonds is 3. The molecule has 1 amide bonds. The van der Waals surface area contributed by atoms with Crippen molar-refractivity contribution >= 4 is 31.9 Å². The van der Waals surface area contributed by atoms with Crippen molar-refractivity contribution in [2.75, 3.05) is 26.2 Å². The van der Waals surface area contributed by atoms with Crippen LogP contribution in [-0.2, 0) is 10.0 Å². The first-order chi connectivity index (χ1) is 12.7. The molecule has 0 spiro atoms. The summed E-state index contributed by atoms with van der Waals surface area (Å²) in [5.41, 5.74) is 1.05. The zero-order valence-electron chi connectivity index (χ0n) is 14.5. The molecule has 1 aliphatic heterocycles. The van der Waals surface area contributed by atoms with Crippen molar-refractivity contribution in [3.63, 3.8) is 0 Å². The molecule has 6 nitrogen and oxygen atoms in total. The standard InChI is InChI=1S/C18H18BrFN2O4S/c1-12-2-5-16(23)17(10-12)27(25,26)22-8-6-21(7-9-22)18(24)14-4-3-13(20)11-15(14)19/h2-5,10-11,23H,6-9H2,1H3. The Morgan fingerprint density at radius 1 is 1.11 bits per heavy atom. The van der Waals surface area contributed by atoms with Crippen LogP contribution in [0, 0.1) is 12.7 Å². The monoisotopic (exact) mass is 456 g/mol. The van der Waals surface area contributed by atoms with Crippen LogP contribution in [-0.4, -0.2) is 54.8 Å². The van der Waals surface area contributed by atoms with Crippen LogP contribution >= 0.6 is 15.9 Å². The summed E-state index contributed by atoms with van der Waals surface area (Å²) in [5.74, 6) is -1.04. The highest BCUT2D eigenvalue weighted by atomic mass is 79.9. The van der Waals surface area contributed by atoms with E-state index in [9.17, 15) is 22.7 Å². The predicted octanol–water partition coefficient (Wildman–Crippen LogP) is 2.75. The molecule has 144 valence electrons. The quantitative estimate of drug-likeness (QED) is 0.769. The summed E-state index contributed by atoms with van der Waals surface area (Å²) in [4.78, 5) is 14.0. The highest BCUT2D eigenvalue weighted by Gasteiger charge is 2.32. The van der Waals surface area contributed by atoms with Crippen LogP contribution in [0.1, 0.15) is 15.9 Å². The van der Waals surface area contributed by atoms with Gasteiger partial charge in [-0.1, -0.05) is 6.07 Å². The van der Waals surface area contributed by atoms with Gasteiger partial charge in [-0.05, 0) is 58.7 Å². The molecule has 1 N–H and O–H groups in total. The summed E-state index contributed by atoms with van der Waals surface area (Å²) in [6.45, 7) is 2.37. The van der Waals surface area contributed by atoms with E-state index in [-0.39, 0.29) is 42.7 Å². The van der Waals surface area contributed by atoms with Gasteiger partial charge in [0.2, 0.25) is 10.0 Å². The first-order valence-corrected chi connectivity index (χ1v) is 10.5. The topological polar surface area (TPSA) is 77.9 Å². The Hall–Kier alpha value is -1.97. The SMILES string of the molecule is Cc1ccc(O)c(S(=O)(=O)N2CCN(C(=O)c3ccc(F)cc3Br)CC2)c1. The number of hydrogen-bond acceptors (Lipinski definition) is 4. The lowest BCUT2D eigenvalue weighted by Gasteiger charge is -2.34. The molecule has 0 aromatic heterocycles. The van der Waals surface area contributed by atoms with Gasteiger partial charge in [0, 0.05) is 30.7 Å². The number of amides is 1. The molecule has 27 heavy (non-hydrogen) atoms. The highest BCUT2D eigenvalue weighted by Crippen LogP contribution is 2.28. The fourth-order valence-electron chi connectivity index (χ4n) is 2.93. The molecule has 0 aliphatic carbocycles. The van der Waals surface area contributed by atoms with Crippen LogP contribution in [0.3, 0.4) is 0 Å². The van der Waals surface area contributed by atoms with Gasteiger partial charge >= 0.3 is 0 Å². The summed E-state index contributed by atoms with van der Waals surface area (Å²) in [5, 5.41) is 9.94. The molecule has 0 bridgehead atoms. The average Bonchev–Trinajstić information content (AvgIpc) is 2.63. The highest BCUT2D eigenvalue weighted by molar-refractivity contribution is 9.10. The molecule has 0 unspecified atom stereocenters. The molecular formula is C18H18BrFN2O4S. The number of phenolic OH excluding ortho intramolecular Hbond substituents is 1. The van der Waals surface area contributed by atoms with Crippen molar-refractivity contribution in [1.82, 2.24) is 9.21 Å². The molecule has 0 atom stereocenters. The van der Waals surface area contributed by atoms with Gasteiger partial charge in [0.15, 0.2) is 0 Å². The van der Waals surface area contributed by atoms with Gasteiger partial charge in [0.25, 0.3) is 5.91 Å². The molecule has 0 radical (unpaired) electrons. The van der Waals surface area contributed by atoms with Crippen molar-refractivity contribution in [2.24, 2.45) is 0 Å². The summed E-state index contributed by atoms with van der Waals surface area (Å²) >= 11 is 3.18. The molecule has 1 fully saturated rings. The van der Waals surface area contributed by atoms with Gasteiger partial charge in [-0.25, -0.2) is 12.8 Å². The van der Waals surface area contributed by atoms with Gasteiger partial charge in [-0.15, -0.1) is 0 Å². The largest absolute Gasteiger partial charge is 0.507 e. The molecule has 1 heterocycles. The van der Waals surface area contributed by atoms with E-state index in [1.165, 1.54) is 39.5 Å². The van der Waals surface area contributed by atoms with Crippen LogP contribution < -0.4 is 0 Å². The number of benzene rings is 2.